The van der Waals surface area contributed by atoms with E-state index in [0.29, 0.717) is 17.7 Å². The summed E-state index contributed by atoms with van der Waals surface area (Å²) in [6.45, 7) is 0. The van der Waals surface area contributed by atoms with Crippen LogP contribution in [-0.2, 0) is 11.0 Å². The molecule has 0 bridgehead atoms. The highest BCUT2D eigenvalue weighted by atomic mass is 31.1. The fraction of sp³-hybridized carbons (Fsp3) is 0.316. The Morgan fingerprint density at radius 3 is 2.12 bits per heavy atom. The summed E-state index contributed by atoms with van der Waals surface area (Å²) in [4.78, 5) is 12.5. The van der Waals surface area contributed by atoms with Gasteiger partial charge in [-0.05, 0) is 37.0 Å². The number of carbonyl (C=O) groups excluding carboxylic acids is 1. The Balaban J connectivity index is 1.94. The number of rotatable bonds is 9. The number of carbonyl (C=O) groups is 1. The minimum atomic E-state index is -2.39. The number of unbranched alkanes of at least 4 members (excludes halogenated alkanes) is 1. The molecule has 0 aliphatic rings. The lowest BCUT2D eigenvalue weighted by Crippen LogP contribution is -2.03. The van der Waals surface area contributed by atoms with Gasteiger partial charge in [0.1, 0.15) is 24.9 Å². The third kappa shape index (κ3) is 4.72. The van der Waals surface area contributed by atoms with Crippen LogP contribution in [0.1, 0.15) is 28.8 Å². The fourth-order valence-electron chi connectivity index (χ4n) is 2.59. The summed E-state index contributed by atoms with van der Waals surface area (Å²) in [6, 6.07) is 15.3. The Morgan fingerprint density at radius 2 is 1.54 bits per heavy atom. The largest absolute Gasteiger partial charge is 0.496 e. The van der Waals surface area contributed by atoms with Gasteiger partial charge in [-0.3, -0.25) is 4.79 Å². The van der Waals surface area contributed by atoms with Crippen LogP contribution in [0.5, 0.6) is 11.5 Å². The van der Waals surface area contributed by atoms with Gasteiger partial charge in [0.25, 0.3) is 0 Å². The van der Waals surface area contributed by atoms with Gasteiger partial charge in [-0.2, -0.15) is 0 Å². The molecule has 0 saturated carbocycles. The first-order valence-corrected chi connectivity index (χ1v) is 9.61. The second kappa shape index (κ2) is 9.29. The van der Waals surface area contributed by atoms with Crippen LogP contribution in [0.4, 0.5) is 0 Å². The lowest BCUT2D eigenvalue weighted by molar-refractivity contribution is 0.107. The van der Waals surface area contributed by atoms with Gasteiger partial charge in [0.15, 0.2) is 0 Å². The molecule has 0 fully saturated rings. The number of aryl methyl sites for hydroxylation is 1. The van der Waals surface area contributed by atoms with E-state index in [9.17, 15) is 9.36 Å². The quantitative estimate of drug-likeness (QED) is 0.498. The molecule has 0 radical (unpaired) electrons. The van der Waals surface area contributed by atoms with Gasteiger partial charge >= 0.3 is 0 Å². The molecule has 5 heteroatoms. The number of hydrogen-bond acceptors (Lipinski definition) is 4. The normalized spacial score (nSPS) is 11.8. The fourth-order valence-corrected chi connectivity index (χ4v) is 3.91. The summed E-state index contributed by atoms with van der Waals surface area (Å²) >= 11 is 0. The molecule has 0 spiro atoms. The Morgan fingerprint density at radius 1 is 0.917 bits per heavy atom. The predicted octanol–water partition coefficient (Wildman–Crippen LogP) is 4.43. The van der Waals surface area contributed by atoms with Crippen molar-refractivity contribution in [3.63, 3.8) is 0 Å². The molecule has 2 rings (SSSR count). The zero-order valence-electron chi connectivity index (χ0n) is 14.1. The second-order valence-corrected chi connectivity index (χ2v) is 7.28. The molecule has 2 aromatic rings. The molecule has 24 heavy (non-hydrogen) atoms. The zero-order valence-corrected chi connectivity index (χ0v) is 15.1. The van der Waals surface area contributed by atoms with Gasteiger partial charge in [-0.1, -0.05) is 36.4 Å². The average Bonchev–Trinajstić information content (AvgIpc) is 2.64. The van der Waals surface area contributed by atoms with E-state index in [4.69, 9.17) is 9.47 Å². The van der Waals surface area contributed by atoms with Gasteiger partial charge in [-0.15, -0.1) is 0 Å². The van der Waals surface area contributed by atoms with Crippen molar-refractivity contribution in [3.8, 4) is 11.5 Å². The third-order valence-corrected chi connectivity index (χ3v) is 5.43. The molecule has 0 N–H and O–H groups in total. The monoisotopic (exact) mass is 346 g/mol. The van der Waals surface area contributed by atoms with E-state index in [1.54, 1.807) is 18.2 Å². The topological polar surface area (TPSA) is 52.6 Å². The minimum Gasteiger partial charge on any atom is -0.496 e. The predicted molar refractivity (Wildman–Crippen MR) is 97.1 cm³/mol. The maximum Gasteiger partial charge on any atom is 0.225 e. The molecular formula is C19H23O4P. The van der Waals surface area contributed by atoms with Crippen molar-refractivity contribution in [1.82, 2.24) is 0 Å². The third-order valence-electron chi connectivity index (χ3n) is 3.87. The van der Waals surface area contributed by atoms with Crippen molar-refractivity contribution in [2.24, 2.45) is 0 Å². The maximum absolute atomic E-state index is 12.5. The van der Waals surface area contributed by atoms with Crippen molar-refractivity contribution in [2.75, 3.05) is 20.4 Å². The van der Waals surface area contributed by atoms with Crippen LogP contribution in [-0.4, -0.2) is 25.9 Å². The SMILES string of the molecule is COc1cccc(OC)c1C(=O)[PH](=O)CCCCc1ccccc1. The maximum atomic E-state index is 12.5. The lowest BCUT2D eigenvalue weighted by atomic mass is 10.1. The average molecular weight is 346 g/mol. The summed E-state index contributed by atoms with van der Waals surface area (Å²) in [7, 11) is 0.591. The van der Waals surface area contributed by atoms with Crippen LogP contribution in [0.2, 0.25) is 0 Å². The van der Waals surface area contributed by atoms with Crippen molar-refractivity contribution in [1.29, 1.82) is 0 Å². The van der Waals surface area contributed by atoms with E-state index in [2.05, 4.69) is 12.1 Å². The number of hydrogen-bond donors (Lipinski definition) is 0. The van der Waals surface area contributed by atoms with Crippen LogP contribution in [0, 0.1) is 0 Å². The Kier molecular flexibility index (Phi) is 7.07. The van der Waals surface area contributed by atoms with Crippen molar-refractivity contribution in [2.45, 2.75) is 19.3 Å². The lowest BCUT2D eigenvalue weighted by Gasteiger charge is -2.11. The minimum absolute atomic E-state index is 0.287. The van der Waals surface area contributed by atoms with Crippen molar-refractivity contribution in [3.05, 3.63) is 59.7 Å². The smallest absolute Gasteiger partial charge is 0.225 e. The number of methoxy groups -OCH3 is 2. The standard InChI is InChI=1S/C19H23O4P/c1-22-16-12-8-13-17(23-2)18(16)19(20)24(21)14-7-6-11-15-9-4-3-5-10-15/h3-5,8-10,12-13,24H,6-7,11,14H2,1-2H3. The molecular weight excluding hydrogens is 323 g/mol. The first-order valence-electron chi connectivity index (χ1n) is 7.99. The molecule has 0 saturated heterocycles. The van der Waals surface area contributed by atoms with Crippen LogP contribution in [0.25, 0.3) is 0 Å². The molecule has 0 aliphatic heterocycles. The Labute approximate surface area is 143 Å². The van der Waals surface area contributed by atoms with Gasteiger partial charge < -0.3 is 14.0 Å². The van der Waals surface area contributed by atoms with E-state index in [-0.39, 0.29) is 11.1 Å². The summed E-state index contributed by atoms with van der Waals surface area (Å²) in [5, 5.41) is 0. The molecule has 4 nitrogen and oxygen atoms in total. The Bertz CT molecular complexity index is 676. The zero-order chi connectivity index (χ0) is 17.4. The molecule has 0 heterocycles. The molecule has 0 amide bonds. The van der Waals surface area contributed by atoms with Crippen LogP contribution < -0.4 is 9.47 Å². The van der Waals surface area contributed by atoms with E-state index < -0.39 is 7.80 Å². The van der Waals surface area contributed by atoms with Gasteiger partial charge in [0, 0.05) is 6.16 Å². The molecule has 1 unspecified atom stereocenters. The second-order valence-electron chi connectivity index (χ2n) is 5.48. The summed E-state index contributed by atoms with van der Waals surface area (Å²) in [5.41, 5.74) is 1.18. The summed E-state index contributed by atoms with van der Waals surface area (Å²) < 4.78 is 22.9. The van der Waals surface area contributed by atoms with Gasteiger partial charge in [0.2, 0.25) is 5.52 Å². The molecule has 0 aliphatic carbocycles. The van der Waals surface area contributed by atoms with Crippen LogP contribution in [0.15, 0.2) is 48.5 Å². The van der Waals surface area contributed by atoms with Gasteiger partial charge in [0.05, 0.1) is 14.2 Å². The highest BCUT2D eigenvalue weighted by molar-refractivity contribution is 7.64. The van der Waals surface area contributed by atoms with E-state index in [1.807, 2.05) is 18.2 Å². The van der Waals surface area contributed by atoms with E-state index in [1.165, 1.54) is 19.8 Å². The highest BCUT2D eigenvalue weighted by Crippen LogP contribution is 2.37. The number of ether oxygens (including phenoxy) is 2. The van der Waals surface area contributed by atoms with Crippen molar-refractivity contribution < 1.29 is 18.8 Å². The van der Waals surface area contributed by atoms with Crippen molar-refractivity contribution >= 4 is 13.3 Å². The van der Waals surface area contributed by atoms with E-state index >= 15 is 0 Å². The molecule has 128 valence electrons. The first kappa shape index (κ1) is 18.3. The molecule has 0 aromatic heterocycles. The summed E-state index contributed by atoms with van der Waals surface area (Å²) in [6.07, 6.45) is 3.02. The number of benzene rings is 2. The first-order chi connectivity index (χ1) is 11.7. The van der Waals surface area contributed by atoms with E-state index in [0.717, 1.165) is 19.3 Å². The summed E-state index contributed by atoms with van der Waals surface area (Å²) in [5.74, 6) is 0.809. The molecule has 2 aromatic carbocycles. The molecule has 1 atom stereocenters. The highest BCUT2D eigenvalue weighted by Gasteiger charge is 2.22. The van der Waals surface area contributed by atoms with Gasteiger partial charge in [-0.25, -0.2) is 0 Å². The van der Waals surface area contributed by atoms with Crippen LogP contribution >= 0.6 is 7.80 Å². The van der Waals surface area contributed by atoms with Crippen LogP contribution in [0.3, 0.4) is 0 Å². The Hall–Kier alpha value is -2.06.